The highest BCUT2D eigenvalue weighted by Gasteiger charge is 2.31. The first kappa shape index (κ1) is 106. The third kappa shape index (κ3) is 79.3. The van der Waals surface area contributed by atoms with Crippen LogP contribution in [0.2, 0.25) is 0 Å². The fourth-order valence-electron chi connectivity index (χ4n) is 13.8. The molecule has 0 aliphatic rings. The zero-order valence-electron chi connectivity index (χ0n) is 71.5. The number of unbranched alkanes of at least 4 members (excludes halogenated alkanes) is 50. The summed E-state index contributed by atoms with van der Waals surface area (Å²) in [5.41, 5.74) is 0. The lowest BCUT2D eigenvalue weighted by Gasteiger charge is -2.21. The van der Waals surface area contributed by atoms with E-state index < -0.39 is 97.5 Å². The number of rotatable bonds is 86. The summed E-state index contributed by atoms with van der Waals surface area (Å²) in [5, 5.41) is 10.7. The van der Waals surface area contributed by atoms with Crippen LogP contribution in [0.4, 0.5) is 0 Å². The first-order chi connectivity index (χ1) is 52.2. The predicted octanol–water partition coefficient (Wildman–Crippen LogP) is 27.1. The number of hydrogen-bond acceptors (Lipinski definition) is 15. The van der Waals surface area contributed by atoms with Crippen LogP contribution in [-0.4, -0.2) is 96.7 Å². The van der Waals surface area contributed by atoms with Gasteiger partial charge in [0.2, 0.25) is 0 Å². The van der Waals surface area contributed by atoms with Gasteiger partial charge >= 0.3 is 39.5 Å². The normalized spacial score (nSPS) is 14.4. The number of phosphoric acid groups is 2. The molecule has 0 bridgehead atoms. The van der Waals surface area contributed by atoms with E-state index in [2.05, 4.69) is 55.4 Å². The van der Waals surface area contributed by atoms with Crippen LogP contribution in [0.25, 0.3) is 0 Å². The number of aliphatic hydroxyl groups excluding tert-OH is 1. The van der Waals surface area contributed by atoms with Crippen molar-refractivity contribution in [3.05, 3.63) is 0 Å². The molecule has 19 heteroatoms. The maximum Gasteiger partial charge on any atom is 0.472 e. The molecule has 0 aliphatic heterocycles. The summed E-state index contributed by atoms with van der Waals surface area (Å²) in [7, 11) is -9.93. The molecule has 0 radical (unpaired) electrons. The molecule has 4 unspecified atom stereocenters. The molecular formula is C89H174O17P2. The van der Waals surface area contributed by atoms with E-state index in [1.165, 1.54) is 270 Å². The van der Waals surface area contributed by atoms with Gasteiger partial charge < -0.3 is 33.8 Å². The number of carbonyl (C=O) groups is 4. The minimum atomic E-state index is -4.97. The molecule has 108 heavy (non-hydrogen) atoms. The van der Waals surface area contributed by atoms with Gasteiger partial charge in [0, 0.05) is 25.7 Å². The van der Waals surface area contributed by atoms with Gasteiger partial charge in [-0.05, 0) is 49.4 Å². The minimum Gasteiger partial charge on any atom is -0.462 e. The van der Waals surface area contributed by atoms with Crippen LogP contribution in [-0.2, 0) is 65.4 Å². The minimum absolute atomic E-state index is 0.105. The summed E-state index contributed by atoms with van der Waals surface area (Å²) in [6.07, 6.45) is 68.1. The summed E-state index contributed by atoms with van der Waals surface area (Å²) in [5.74, 6) is 1.12. The molecule has 17 nitrogen and oxygen atoms in total. The number of ether oxygens (including phenoxy) is 4. The monoisotopic (exact) mass is 1580 g/mol. The predicted molar refractivity (Wildman–Crippen MR) is 446 cm³/mol. The zero-order chi connectivity index (χ0) is 79.5. The zero-order valence-corrected chi connectivity index (χ0v) is 73.3. The lowest BCUT2D eigenvalue weighted by molar-refractivity contribution is -0.161. The van der Waals surface area contributed by atoms with Crippen molar-refractivity contribution < 1.29 is 80.2 Å². The Morgan fingerprint density at radius 3 is 0.657 bits per heavy atom. The Balaban J connectivity index is 5.23. The van der Waals surface area contributed by atoms with E-state index >= 15 is 0 Å². The highest BCUT2D eigenvalue weighted by Crippen LogP contribution is 2.45. The van der Waals surface area contributed by atoms with Crippen LogP contribution in [0.1, 0.15) is 466 Å². The number of phosphoric ester groups is 2. The average Bonchev–Trinajstić information content (AvgIpc) is 0.901. The second kappa shape index (κ2) is 77.6. The molecule has 0 heterocycles. The van der Waals surface area contributed by atoms with E-state index in [0.29, 0.717) is 25.7 Å². The fourth-order valence-corrected chi connectivity index (χ4v) is 15.4. The largest absolute Gasteiger partial charge is 0.472 e. The third-order valence-electron chi connectivity index (χ3n) is 21.5. The van der Waals surface area contributed by atoms with Gasteiger partial charge in [0.25, 0.3) is 0 Å². The van der Waals surface area contributed by atoms with E-state index in [1.807, 2.05) is 0 Å². The van der Waals surface area contributed by atoms with Crippen molar-refractivity contribution in [3.8, 4) is 0 Å². The van der Waals surface area contributed by atoms with E-state index in [-0.39, 0.29) is 25.7 Å². The SMILES string of the molecule is CCC(C)CCCCCCCCCCCCCCCCCCCCC(=O)O[C@H](COC(=O)CCCCCCCCCCCCCCCCCCCCC(C)C)COP(=O)(O)OC[C@@H](O)COP(=O)(O)OC[C@@H](COC(=O)CCCCCCCCCCC(C)CC)OC(=O)CCCCCCCCCCCCC(C)C. The van der Waals surface area contributed by atoms with Crippen molar-refractivity contribution in [1.29, 1.82) is 0 Å². The van der Waals surface area contributed by atoms with Gasteiger partial charge in [-0.15, -0.1) is 0 Å². The van der Waals surface area contributed by atoms with Gasteiger partial charge in [-0.1, -0.05) is 415 Å². The highest BCUT2D eigenvalue weighted by molar-refractivity contribution is 7.47. The molecule has 0 rings (SSSR count). The molecule has 0 amide bonds. The van der Waals surface area contributed by atoms with Crippen LogP contribution >= 0.6 is 15.6 Å². The van der Waals surface area contributed by atoms with Crippen LogP contribution in [0.15, 0.2) is 0 Å². The molecule has 0 fully saturated rings. The summed E-state index contributed by atoms with van der Waals surface area (Å²) in [6.45, 7) is 14.4. The van der Waals surface area contributed by atoms with E-state index in [0.717, 1.165) is 114 Å². The molecule has 0 saturated carbocycles. The quantitative estimate of drug-likeness (QED) is 0.0222. The summed E-state index contributed by atoms with van der Waals surface area (Å²) < 4.78 is 69.0. The second-order valence-corrected chi connectivity index (χ2v) is 36.3. The van der Waals surface area contributed by atoms with Gasteiger partial charge in [0.05, 0.1) is 26.4 Å². The molecule has 0 aromatic rings. The smallest absolute Gasteiger partial charge is 0.462 e. The van der Waals surface area contributed by atoms with Crippen molar-refractivity contribution in [2.75, 3.05) is 39.6 Å². The standard InChI is InChI=1S/C89H174O17P2/c1-9-81(7)67-59-51-43-35-28-24-20-16-12-14-18-22-26-30-37-47-55-63-71-88(93)105-84(75-99-86(91)69-61-53-45-36-29-25-21-17-13-11-15-19-23-27-33-41-49-57-65-79(3)4)77-103-107(95,96)101-73-83(90)74-102-108(97,98)104-78-85(76-100-87(92)70-62-54-46-40-39-44-52-60-68-82(8)10-2)106-89(94)72-64-56-48-38-32-31-34-42-50-58-66-80(5)6/h79-85,90H,9-78H2,1-8H3,(H,95,96)(H,97,98)/t81?,82?,83-,84-,85-/m1/s1. The molecule has 0 aliphatic carbocycles. The molecular weight excluding hydrogens is 1400 g/mol. The Labute approximate surface area is 664 Å². The average molecular weight is 1580 g/mol. The van der Waals surface area contributed by atoms with Gasteiger partial charge in [-0.3, -0.25) is 37.3 Å². The van der Waals surface area contributed by atoms with E-state index in [4.69, 9.17) is 37.0 Å². The summed E-state index contributed by atoms with van der Waals surface area (Å²) in [4.78, 5) is 73.3. The van der Waals surface area contributed by atoms with Crippen LogP contribution in [0.5, 0.6) is 0 Å². The number of esters is 4. The molecule has 0 aromatic heterocycles. The molecule has 7 atom stereocenters. The van der Waals surface area contributed by atoms with Gasteiger partial charge in [-0.2, -0.15) is 0 Å². The number of carbonyl (C=O) groups excluding carboxylic acids is 4. The van der Waals surface area contributed by atoms with Gasteiger partial charge in [0.15, 0.2) is 12.2 Å². The molecule has 0 spiro atoms. The van der Waals surface area contributed by atoms with E-state index in [9.17, 15) is 43.2 Å². The molecule has 3 N–H and O–H groups in total. The van der Waals surface area contributed by atoms with Gasteiger partial charge in [-0.25, -0.2) is 9.13 Å². The highest BCUT2D eigenvalue weighted by atomic mass is 31.2. The van der Waals surface area contributed by atoms with E-state index in [1.54, 1.807) is 0 Å². The second-order valence-electron chi connectivity index (χ2n) is 33.4. The summed E-state index contributed by atoms with van der Waals surface area (Å²) in [6, 6.07) is 0. The molecule has 0 aromatic carbocycles. The molecule has 0 saturated heterocycles. The Bertz CT molecular complexity index is 2100. The Hall–Kier alpha value is -1.94. The van der Waals surface area contributed by atoms with Gasteiger partial charge in [0.1, 0.15) is 19.3 Å². The number of aliphatic hydroxyl groups is 1. The van der Waals surface area contributed by atoms with Crippen LogP contribution in [0, 0.1) is 23.7 Å². The summed E-state index contributed by atoms with van der Waals surface area (Å²) >= 11 is 0. The Morgan fingerprint density at radius 2 is 0.444 bits per heavy atom. The maximum atomic E-state index is 13.2. The third-order valence-corrected chi connectivity index (χ3v) is 23.4. The number of hydrogen-bond donors (Lipinski definition) is 3. The van der Waals surface area contributed by atoms with Crippen LogP contribution in [0.3, 0.4) is 0 Å². The Kier molecular flexibility index (Phi) is 76.2. The van der Waals surface area contributed by atoms with Crippen molar-refractivity contribution in [2.24, 2.45) is 23.7 Å². The Morgan fingerprint density at radius 1 is 0.259 bits per heavy atom. The first-order valence-corrected chi connectivity index (χ1v) is 48.8. The maximum absolute atomic E-state index is 13.2. The van der Waals surface area contributed by atoms with Crippen molar-refractivity contribution in [3.63, 3.8) is 0 Å². The van der Waals surface area contributed by atoms with Crippen LogP contribution < -0.4 is 0 Å². The molecule has 642 valence electrons. The van der Waals surface area contributed by atoms with Crippen molar-refractivity contribution in [2.45, 2.75) is 485 Å². The fraction of sp³-hybridized carbons (Fsp3) is 0.955. The lowest BCUT2D eigenvalue weighted by Crippen LogP contribution is -2.30. The topological polar surface area (TPSA) is 237 Å². The lowest BCUT2D eigenvalue weighted by atomic mass is 9.99. The van der Waals surface area contributed by atoms with Crippen molar-refractivity contribution in [1.82, 2.24) is 0 Å². The van der Waals surface area contributed by atoms with Crippen molar-refractivity contribution >= 4 is 39.5 Å². The first-order valence-electron chi connectivity index (χ1n) is 45.8.